The molecular formula is C13H16FN3O. The molecule has 0 saturated carbocycles. The number of methoxy groups -OCH3 is 1. The van der Waals surface area contributed by atoms with E-state index in [1.165, 1.54) is 12.1 Å². The number of aryl methyl sites for hydroxylation is 3. The van der Waals surface area contributed by atoms with Gasteiger partial charge in [0.2, 0.25) is 0 Å². The average Bonchev–Trinajstić information content (AvgIpc) is 2.84. The van der Waals surface area contributed by atoms with E-state index in [0.717, 1.165) is 24.2 Å². The van der Waals surface area contributed by atoms with Crippen LogP contribution in [-0.2, 0) is 19.4 Å². The van der Waals surface area contributed by atoms with Gasteiger partial charge in [-0.3, -0.25) is 4.68 Å². The first-order chi connectivity index (χ1) is 8.72. The molecule has 2 rings (SSSR count). The molecule has 0 unspecified atom stereocenters. The predicted octanol–water partition coefficient (Wildman–Crippen LogP) is 2.23. The van der Waals surface area contributed by atoms with Crippen molar-refractivity contribution in [1.29, 1.82) is 0 Å². The third kappa shape index (κ3) is 2.85. The molecule has 1 heterocycles. The molecule has 0 atom stereocenters. The van der Waals surface area contributed by atoms with Crippen LogP contribution < -0.4 is 4.74 Å². The molecule has 0 amide bonds. The molecule has 0 saturated heterocycles. The topological polar surface area (TPSA) is 39.9 Å². The number of halogens is 1. The van der Waals surface area contributed by atoms with Crippen LogP contribution in [0.2, 0.25) is 0 Å². The zero-order chi connectivity index (χ0) is 13.0. The average molecular weight is 249 g/mol. The number of nitrogens with zero attached hydrogens (tertiary/aromatic N) is 3. The van der Waals surface area contributed by atoms with Gasteiger partial charge in [-0.2, -0.15) is 0 Å². The Morgan fingerprint density at radius 2 is 2.17 bits per heavy atom. The molecule has 1 aromatic carbocycles. The van der Waals surface area contributed by atoms with Crippen molar-refractivity contribution < 1.29 is 9.13 Å². The fraction of sp³-hybridized carbons (Fsp3) is 0.385. The fourth-order valence-corrected chi connectivity index (χ4v) is 1.81. The quantitative estimate of drug-likeness (QED) is 0.815. The lowest BCUT2D eigenvalue weighted by molar-refractivity contribution is 0.408. The van der Waals surface area contributed by atoms with E-state index in [0.29, 0.717) is 12.2 Å². The van der Waals surface area contributed by atoms with Crippen molar-refractivity contribution in [3.63, 3.8) is 0 Å². The molecule has 0 N–H and O–H groups in total. The Kier molecular flexibility index (Phi) is 3.92. The first kappa shape index (κ1) is 12.5. The second-order valence-electron chi connectivity index (χ2n) is 4.02. The van der Waals surface area contributed by atoms with Gasteiger partial charge in [-0.05, 0) is 43.5 Å². The maximum absolute atomic E-state index is 13.2. The molecule has 0 fully saturated rings. The molecule has 5 heteroatoms. The summed E-state index contributed by atoms with van der Waals surface area (Å²) in [5.74, 6) is 0.460. The van der Waals surface area contributed by atoms with Crippen molar-refractivity contribution in [2.45, 2.75) is 26.3 Å². The molecule has 0 bridgehead atoms. The van der Waals surface area contributed by atoms with Crippen LogP contribution in [0.15, 0.2) is 24.4 Å². The second-order valence-corrected chi connectivity index (χ2v) is 4.02. The number of hydrogen-bond acceptors (Lipinski definition) is 3. The highest BCUT2D eigenvalue weighted by atomic mass is 19.1. The van der Waals surface area contributed by atoms with E-state index < -0.39 is 0 Å². The largest absolute Gasteiger partial charge is 0.496 e. The minimum absolute atomic E-state index is 0.247. The van der Waals surface area contributed by atoms with E-state index >= 15 is 0 Å². The molecule has 0 radical (unpaired) electrons. The Balaban J connectivity index is 2.07. The Hall–Kier alpha value is -1.91. The van der Waals surface area contributed by atoms with E-state index in [1.807, 2.05) is 13.1 Å². The van der Waals surface area contributed by atoms with Gasteiger partial charge in [0, 0.05) is 12.7 Å². The van der Waals surface area contributed by atoms with Gasteiger partial charge in [-0.25, -0.2) is 4.39 Å². The lowest BCUT2D eigenvalue weighted by Crippen LogP contribution is -1.97. The summed E-state index contributed by atoms with van der Waals surface area (Å²) in [5.41, 5.74) is 1.76. The smallest absolute Gasteiger partial charge is 0.123 e. The van der Waals surface area contributed by atoms with Crippen molar-refractivity contribution in [1.82, 2.24) is 15.0 Å². The Bertz CT molecular complexity index is 525. The molecule has 1 aromatic heterocycles. The van der Waals surface area contributed by atoms with Gasteiger partial charge in [0.05, 0.1) is 12.8 Å². The number of aromatic nitrogens is 3. The third-order valence-electron chi connectivity index (χ3n) is 2.80. The molecule has 18 heavy (non-hydrogen) atoms. The van der Waals surface area contributed by atoms with Crippen molar-refractivity contribution in [3.05, 3.63) is 41.5 Å². The number of benzene rings is 1. The minimum Gasteiger partial charge on any atom is -0.496 e. The van der Waals surface area contributed by atoms with Crippen LogP contribution in [0.1, 0.15) is 18.2 Å². The lowest BCUT2D eigenvalue weighted by Gasteiger charge is -2.07. The Morgan fingerprint density at radius 3 is 2.83 bits per heavy atom. The number of hydrogen-bond donors (Lipinski definition) is 0. The first-order valence-electron chi connectivity index (χ1n) is 5.94. The van der Waals surface area contributed by atoms with Gasteiger partial charge < -0.3 is 4.74 Å². The maximum atomic E-state index is 13.2. The van der Waals surface area contributed by atoms with Crippen LogP contribution in [0.5, 0.6) is 5.75 Å². The van der Waals surface area contributed by atoms with Crippen LogP contribution in [0.25, 0.3) is 0 Å². The molecule has 4 nitrogen and oxygen atoms in total. The zero-order valence-corrected chi connectivity index (χ0v) is 10.6. The van der Waals surface area contributed by atoms with Gasteiger partial charge >= 0.3 is 0 Å². The van der Waals surface area contributed by atoms with Gasteiger partial charge in [0.1, 0.15) is 11.6 Å². The van der Waals surface area contributed by atoms with Gasteiger partial charge in [-0.15, -0.1) is 5.10 Å². The van der Waals surface area contributed by atoms with Gasteiger partial charge in [0.15, 0.2) is 0 Å². The van der Waals surface area contributed by atoms with Crippen LogP contribution in [0.4, 0.5) is 4.39 Å². The van der Waals surface area contributed by atoms with E-state index in [9.17, 15) is 4.39 Å². The summed E-state index contributed by atoms with van der Waals surface area (Å²) in [4.78, 5) is 0. The summed E-state index contributed by atoms with van der Waals surface area (Å²) in [6, 6.07) is 4.55. The summed E-state index contributed by atoms with van der Waals surface area (Å²) in [6.07, 6.45) is 3.31. The Morgan fingerprint density at radius 1 is 1.33 bits per heavy atom. The number of rotatable bonds is 5. The van der Waals surface area contributed by atoms with Crippen molar-refractivity contribution >= 4 is 0 Å². The molecular weight excluding hydrogens is 233 g/mol. The van der Waals surface area contributed by atoms with Crippen LogP contribution in [-0.4, -0.2) is 22.1 Å². The normalized spacial score (nSPS) is 10.6. The van der Waals surface area contributed by atoms with E-state index in [-0.39, 0.29) is 5.82 Å². The molecule has 0 spiro atoms. The molecule has 0 aliphatic rings. The van der Waals surface area contributed by atoms with Crippen LogP contribution in [0, 0.1) is 5.82 Å². The summed E-state index contributed by atoms with van der Waals surface area (Å²) in [6.45, 7) is 2.81. The highest BCUT2D eigenvalue weighted by Gasteiger charge is 2.06. The molecule has 0 aliphatic heterocycles. The summed E-state index contributed by atoms with van der Waals surface area (Å²) in [5, 5.41) is 8.03. The SMILES string of the molecule is CCn1cc(CCc2cc(F)ccc2OC)nn1. The zero-order valence-electron chi connectivity index (χ0n) is 10.6. The van der Waals surface area contributed by atoms with Crippen LogP contribution in [0.3, 0.4) is 0 Å². The first-order valence-corrected chi connectivity index (χ1v) is 5.94. The number of ether oxygens (including phenoxy) is 1. The monoisotopic (exact) mass is 249 g/mol. The summed E-state index contributed by atoms with van der Waals surface area (Å²) in [7, 11) is 1.59. The van der Waals surface area contributed by atoms with Crippen LogP contribution >= 0.6 is 0 Å². The van der Waals surface area contributed by atoms with Crippen molar-refractivity contribution in [3.8, 4) is 5.75 Å². The van der Waals surface area contributed by atoms with Crippen molar-refractivity contribution in [2.75, 3.05) is 7.11 Å². The van der Waals surface area contributed by atoms with E-state index in [2.05, 4.69) is 10.3 Å². The summed E-state index contributed by atoms with van der Waals surface area (Å²) >= 11 is 0. The van der Waals surface area contributed by atoms with Gasteiger partial charge in [0.25, 0.3) is 0 Å². The van der Waals surface area contributed by atoms with Gasteiger partial charge in [-0.1, -0.05) is 5.21 Å². The second kappa shape index (κ2) is 5.62. The van der Waals surface area contributed by atoms with E-state index in [1.54, 1.807) is 17.9 Å². The predicted molar refractivity (Wildman–Crippen MR) is 66.1 cm³/mol. The molecule has 96 valence electrons. The van der Waals surface area contributed by atoms with Crippen molar-refractivity contribution in [2.24, 2.45) is 0 Å². The summed E-state index contributed by atoms with van der Waals surface area (Å²) < 4.78 is 20.2. The lowest BCUT2D eigenvalue weighted by atomic mass is 10.1. The standard InChI is InChI=1S/C13H16FN3O/c1-3-17-9-12(15-16-17)6-4-10-8-11(14)5-7-13(10)18-2/h5,7-9H,3-4,6H2,1-2H3. The fourth-order valence-electron chi connectivity index (χ4n) is 1.81. The Labute approximate surface area is 105 Å². The molecule has 0 aliphatic carbocycles. The maximum Gasteiger partial charge on any atom is 0.123 e. The third-order valence-corrected chi connectivity index (χ3v) is 2.80. The minimum atomic E-state index is -0.247. The van der Waals surface area contributed by atoms with E-state index in [4.69, 9.17) is 4.74 Å². The molecule has 2 aromatic rings. The highest BCUT2D eigenvalue weighted by molar-refractivity contribution is 5.34. The highest BCUT2D eigenvalue weighted by Crippen LogP contribution is 2.20.